The molecule has 0 amide bonds. The SMILES string of the molecule is N#Cc1nn(-c2ccc(F)cc2)nc1N1CCCCCC1. The molecule has 1 fully saturated rings. The Bertz CT molecular complexity index is 648. The first-order valence-electron chi connectivity index (χ1n) is 7.16. The van der Waals surface area contributed by atoms with Gasteiger partial charge in [-0.25, -0.2) is 4.39 Å². The van der Waals surface area contributed by atoms with Gasteiger partial charge in [0.2, 0.25) is 5.69 Å². The molecule has 108 valence electrons. The lowest BCUT2D eigenvalue weighted by Gasteiger charge is -2.18. The summed E-state index contributed by atoms with van der Waals surface area (Å²) >= 11 is 0. The predicted octanol–water partition coefficient (Wildman–Crippen LogP) is 2.66. The van der Waals surface area contributed by atoms with E-state index in [9.17, 15) is 9.65 Å². The molecular weight excluding hydrogens is 269 g/mol. The highest BCUT2D eigenvalue weighted by molar-refractivity contribution is 5.50. The van der Waals surface area contributed by atoms with Gasteiger partial charge in [-0.05, 0) is 37.1 Å². The van der Waals surface area contributed by atoms with E-state index < -0.39 is 0 Å². The number of nitrogens with zero attached hydrogens (tertiary/aromatic N) is 5. The lowest BCUT2D eigenvalue weighted by molar-refractivity contribution is 0.626. The molecule has 2 aromatic rings. The maximum Gasteiger partial charge on any atom is 0.207 e. The van der Waals surface area contributed by atoms with Crippen LogP contribution in [0.5, 0.6) is 0 Å². The van der Waals surface area contributed by atoms with Crippen LogP contribution < -0.4 is 4.90 Å². The second kappa shape index (κ2) is 5.92. The van der Waals surface area contributed by atoms with E-state index in [2.05, 4.69) is 21.2 Å². The highest BCUT2D eigenvalue weighted by Crippen LogP contribution is 2.21. The molecule has 0 bridgehead atoms. The predicted molar refractivity (Wildman–Crippen MR) is 76.7 cm³/mol. The molecule has 0 saturated carbocycles. The van der Waals surface area contributed by atoms with Gasteiger partial charge in [0.1, 0.15) is 11.9 Å². The minimum Gasteiger partial charge on any atom is -0.353 e. The van der Waals surface area contributed by atoms with Crippen LogP contribution in [0.15, 0.2) is 24.3 Å². The molecular formula is C15H16FN5. The number of benzene rings is 1. The summed E-state index contributed by atoms with van der Waals surface area (Å²) in [6.07, 6.45) is 4.64. The summed E-state index contributed by atoms with van der Waals surface area (Å²) in [7, 11) is 0. The van der Waals surface area contributed by atoms with E-state index in [1.165, 1.54) is 29.8 Å². The third kappa shape index (κ3) is 2.87. The van der Waals surface area contributed by atoms with E-state index in [1.54, 1.807) is 12.1 Å². The summed E-state index contributed by atoms with van der Waals surface area (Å²) in [6.45, 7) is 1.80. The second-order valence-electron chi connectivity index (χ2n) is 5.15. The van der Waals surface area contributed by atoms with Crippen molar-refractivity contribution < 1.29 is 4.39 Å². The van der Waals surface area contributed by atoms with Gasteiger partial charge in [0.05, 0.1) is 5.69 Å². The van der Waals surface area contributed by atoms with Crippen LogP contribution in [-0.4, -0.2) is 28.1 Å². The van der Waals surface area contributed by atoms with Gasteiger partial charge in [0.25, 0.3) is 0 Å². The summed E-state index contributed by atoms with van der Waals surface area (Å²) in [4.78, 5) is 3.52. The molecule has 0 N–H and O–H groups in total. The molecule has 1 saturated heterocycles. The molecule has 21 heavy (non-hydrogen) atoms. The van der Waals surface area contributed by atoms with Crippen molar-refractivity contribution in [2.45, 2.75) is 25.7 Å². The first-order valence-corrected chi connectivity index (χ1v) is 7.16. The minimum absolute atomic E-state index is 0.306. The fraction of sp³-hybridized carbons (Fsp3) is 0.400. The largest absolute Gasteiger partial charge is 0.353 e. The number of hydrogen-bond acceptors (Lipinski definition) is 4. The maximum atomic E-state index is 13.0. The third-order valence-corrected chi connectivity index (χ3v) is 3.67. The Morgan fingerprint density at radius 2 is 1.67 bits per heavy atom. The van der Waals surface area contributed by atoms with Crippen molar-refractivity contribution in [3.63, 3.8) is 0 Å². The number of anilines is 1. The monoisotopic (exact) mass is 285 g/mol. The lowest BCUT2D eigenvalue weighted by atomic mass is 10.2. The van der Waals surface area contributed by atoms with Gasteiger partial charge in [0.15, 0.2) is 5.82 Å². The van der Waals surface area contributed by atoms with Crippen molar-refractivity contribution >= 4 is 5.82 Å². The van der Waals surface area contributed by atoms with E-state index in [0.717, 1.165) is 25.9 Å². The molecule has 1 aliphatic rings. The minimum atomic E-state index is -0.306. The maximum absolute atomic E-state index is 13.0. The Morgan fingerprint density at radius 1 is 1.00 bits per heavy atom. The van der Waals surface area contributed by atoms with Crippen LogP contribution in [-0.2, 0) is 0 Å². The Labute approximate surface area is 122 Å². The fourth-order valence-electron chi connectivity index (χ4n) is 2.56. The standard InChI is InChI=1S/C15H16FN5/c16-12-5-7-13(8-6-12)21-18-14(11-17)15(19-21)20-9-3-1-2-4-10-20/h5-8H,1-4,9-10H2. The zero-order valence-corrected chi connectivity index (χ0v) is 11.7. The second-order valence-corrected chi connectivity index (χ2v) is 5.15. The summed E-state index contributed by atoms with van der Waals surface area (Å²) in [5.41, 5.74) is 0.968. The molecule has 5 nitrogen and oxygen atoms in total. The first kappa shape index (κ1) is 13.6. The molecule has 0 atom stereocenters. The van der Waals surface area contributed by atoms with Gasteiger partial charge in [-0.2, -0.15) is 5.26 Å². The molecule has 0 radical (unpaired) electrons. The third-order valence-electron chi connectivity index (χ3n) is 3.67. The first-order chi connectivity index (χ1) is 10.3. The number of halogens is 1. The number of nitriles is 1. The van der Waals surface area contributed by atoms with E-state index in [1.807, 2.05) is 0 Å². The molecule has 1 aromatic carbocycles. The van der Waals surface area contributed by atoms with Crippen molar-refractivity contribution in [3.8, 4) is 11.8 Å². The Balaban J connectivity index is 1.94. The Kier molecular flexibility index (Phi) is 3.82. The smallest absolute Gasteiger partial charge is 0.207 e. The van der Waals surface area contributed by atoms with E-state index in [-0.39, 0.29) is 5.82 Å². The van der Waals surface area contributed by atoms with Gasteiger partial charge in [-0.1, -0.05) is 12.8 Å². The van der Waals surface area contributed by atoms with Crippen LogP contribution in [0.1, 0.15) is 31.4 Å². The molecule has 2 heterocycles. The normalized spacial score (nSPS) is 15.5. The van der Waals surface area contributed by atoms with Crippen molar-refractivity contribution in [1.29, 1.82) is 5.26 Å². The Hall–Kier alpha value is -2.42. The van der Waals surface area contributed by atoms with E-state index >= 15 is 0 Å². The van der Waals surface area contributed by atoms with Crippen LogP contribution in [0.2, 0.25) is 0 Å². The molecule has 0 unspecified atom stereocenters. The van der Waals surface area contributed by atoms with Gasteiger partial charge >= 0.3 is 0 Å². The molecule has 1 aliphatic heterocycles. The number of aromatic nitrogens is 3. The summed E-state index contributed by atoms with van der Waals surface area (Å²) in [6, 6.07) is 8.02. The highest BCUT2D eigenvalue weighted by Gasteiger charge is 2.19. The molecule has 0 spiro atoms. The lowest BCUT2D eigenvalue weighted by Crippen LogP contribution is -2.25. The molecule has 1 aromatic heterocycles. The van der Waals surface area contributed by atoms with Crippen LogP contribution in [0.3, 0.4) is 0 Å². The zero-order chi connectivity index (χ0) is 14.7. The van der Waals surface area contributed by atoms with Gasteiger partial charge in [-0.15, -0.1) is 15.0 Å². The molecule has 6 heteroatoms. The zero-order valence-electron chi connectivity index (χ0n) is 11.7. The van der Waals surface area contributed by atoms with Crippen molar-refractivity contribution in [2.75, 3.05) is 18.0 Å². The van der Waals surface area contributed by atoms with Crippen molar-refractivity contribution in [2.24, 2.45) is 0 Å². The Morgan fingerprint density at radius 3 is 2.29 bits per heavy atom. The number of hydrogen-bond donors (Lipinski definition) is 0. The van der Waals surface area contributed by atoms with Gasteiger partial charge in [-0.3, -0.25) is 0 Å². The van der Waals surface area contributed by atoms with Crippen LogP contribution in [0, 0.1) is 17.1 Å². The highest BCUT2D eigenvalue weighted by atomic mass is 19.1. The van der Waals surface area contributed by atoms with Crippen LogP contribution in [0.25, 0.3) is 5.69 Å². The van der Waals surface area contributed by atoms with Crippen molar-refractivity contribution in [3.05, 3.63) is 35.8 Å². The number of rotatable bonds is 2. The van der Waals surface area contributed by atoms with Gasteiger partial charge < -0.3 is 4.90 Å². The van der Waals surface area contributed by atoms with E-state index in [4.69, 9.17) is 0 Å². The summed E-state index contributed by atoms with van der Waals surface area (Å²) in [5.74, 6) is 0.322. The quantitative estimate of drug-likeness (QED) is 0.851. The fourth-order valence-corrected chi connectivity index (χ4v) is 2.56. The van der Waals surface area contributed by atoms with E-state index in [0.29, 0.717) is 17.2 Å². The summed E-state index contributed by atoms with van der Waals surface area (Å²) < 4.78 is 13.0. The molecule has 3 rings (SSSR count). The molecule has 0 aliphatic carbocycles. The summed E-state index contributed by atoms with van der Waals surface area (Å²) in [5, 5.41) is 17.9. The van der Waals surface area contributed by atoms with Crippen LogP contribution in [0.4, 0.5) is 10.2 Å². The topological polar surface area (TPSA) is 57.7 Å². The average Bonchev–Trinajstić information content (AvgIpc) is 2.75. The van der Waals surface area contributed by atoms with Gasteiger partial charge in [0, 0.05) is 13.1 Å². The van der Waals surface area contributed by atoms with Crippen molar-refractivity contribution in [1.82, 2.24) is 15.0 Å². The average molecular weight is 285 g/mol. The van der Waals surface area contributed by atoms with Crippen LogP contribution >= 0.6 is 0 Å².